The van der Waals surface area contributed by atoms with Gasteiger partial charge in [-0.3, -0.25) is 4.79 Å². The molecule has 2 N–H and O–H groups in total. The van der Waals surface area contributed by atoms with Crippen molar-refractivity contribution in [2.75, 3.05) is 26.2 Å². The summed E-state index contributed by atoms with van der Waals surface area (Å²) in [5.74, 6) is -0.278. The summed E-state index contributed by atoms with van der Waals surface area (Å²) in [5, 5.41) is 17.5. The number of aliphatic hydroxyl groups is 1. The minimum Gasteiger partial charge on any atom is -0.483 e. The van der Waals surface area contributed by atoms with E-state index in [1.807, 2.05) is 0 Å². The topological polar surface area (TPSA) is 70.0 Å². The molecule has 184 valence electrons. The Morgan fingerprint density at radius 3 is 2.42 bits per heavy atom. The molecule has 0 radical (unpaired) electrons. The van der Waals surface area contributed by atoms with Gasteiger partial charge in [0, 0.05) is 11.6 Å². The van der Waals surface area contributed by atoms with Crippen molar-refractivity contribution in [3.05, 3.63) is 70.0 Å². The Bertz CT molecular complexity index is 764. The average molecular weight is 482 g/mol. The number of hydrogen-bond acceptors (Lipinski definition) is 4. The maximum absolute atomic E-state index is 12.3. The fourth-order valence-corrected chi connectivity index (χ4v) is 4.06. The lowest BCUT2D eigenvalue weighted by Crippen LogP contribution is -2.33. The normalized spacial score (nSPS) is 15.0. The molecule has 7 heteroatoms. The van der Waals surface area contributed by atoms with Gasteiger partial charge in [0.15, 0.2) is 0 Å². The first kappa shape index (κ1) is 29.0. The number of hydrogen-bond donors (Lipinski definition) is 2. The quantitative estimate of drug-likeness (QED) is 0.476. The zero-order valence-corrected chi connectivity index (χ0v) is 20.6. The highest BCUT2D eigenvalue weighted by atomic mass is 35.5. The van der Waals surface area contributed by atoms with E-state index in [9.17, 15) is 9.50 Å². The summed E-state index contributed by atoms with van der Waals surface area (Å²) in [6.45, 7) is 9.22. The van der Waals surface area contributed by atoms with Crippen LogP contribution in [0.5, 0.6) is 0 Å². The van der Waals surface area contributed by atoms with Crippen molar-refractivity contribution >= 4 is 18.1 Å². The molecule has 1 aliphatic rings. The van der Waals surface area contributed by atoms with Crippen molar-refractivity contribution in [3.63, 3.8) is 0 Å². The largest absolute Gasteiger partial charge is 0.483 e. The molecule has 1 aliphatic heterocycles. The second-order valence-electron chi connectivity index (χ2n) is 8.14. The van der Waals surface area contributed by atoms with Gasteiger partial charge >= 0.3 is 0 Å². The highest BCUT2D eigenvalue weighted by Gasteiger charge is 2.17. The fraction of sp³-hybridized carbons (Fsp3) is 0.500. The molecule has 2 aromatic carbocycles. The molecular formula is C26H37ClFNO4. The van der Waals surface area contributed by atoms with E-state index in [0.717, 1.165) is 38.0 Å². The number of aryl methyl sites for hydroxylation is 2. The van der Waals surface area contributed by atoms with Crippen LogP contribution in [0, 0.1) is 12.7 Å². The highest BCUT2D eigenvalue weighted by molar-refractivity contribution is 6.30. The van der Waals surface area contributed by atoms with E-state index in [4.69, 9.17) is 26.2 Å². The van der Waals surface area contributed by atoms with E-state index in [-0.39, 0.29) is 24.5 Å². The lowest BCUT2D eigenvalue weighted by Gasteiger charge is -2.22. The number of nitrogens with zero attached hydrogens (tertiary/aromatic N) is 1. The average Bonchev–Trinajstić information content (AvgIpc) is 3.26. The number of likely N-dealkylation sites (tertiary alicyclic amines) is 1. The Kier molecular flexibility index (Phi) is 14.6. The maximum atomic E-state index is 12.3. The number of benzene rings is 2. The van der Waals surface area contributed by atoms with Crippen molar-refractivity contribution in [2.24, 2.45) is 0 Å². The molecule has 0 amide bonds. The van der Waals surface area contributed by atoms with Crippen LogP contribution in [0.1, 0.15) is 55.9 Å². The molecule has 33 heavy (non-hydrogen) atoms. The summed E-state index contributed by atoms with van der Waals surface area (Å²) in [6, 6.07) is 12.9. The van der Waals surface area contributed by atoms with Crippen LogP contribution in [0.2, 0.25) is 5.02 Å². The molecule has 3 rings (SSSR count). The first-order valence-corrected chi connectivity index (χ1v) is 11.8. The number of aliphatic hydroxyl groups excluding tert-OH is 1. The first-order valence-electron chi connectivity index (χ1n) is 11.4. The zero-order chi connectivity index (χ0) is 24.6. The summed E-state index contributed by atoms with van der Waals surface area (Å²) in [7, 11) is 0. The third-order valence-electron chi connectivity index (χ3n) is 5.23. The fourth-order valence-electron chi connectivity index (χ4n) is 3.78. The molecule has 0 bridgehead atoms. The first-order chi connectivity index (χ1) is 15.8. The minimum absolute atomic E-state index is 0.0426. The summed E-state index contributed by atoms with van der Waals surface area (Å²) >= 11 is 5.51. The molecule has 0 spiro atoms. The summed E-state index contributed by atoms with van der Waals surface area (Å²) in [4.78, 5) is 10.7. The van der Waals surface area contributed by atoms with Crippen LogP contribution in [0.25, 0.3) is 0 Å². The van der Waals surface area contributed by atoms with Gasteiger partial charge in [0.1, 0.15) is 5.82 Å². The molecule has 2 atom stereocenters. The van der Waals surface area contributed by atoms with E-state index in [1.165, 1.54) is 36.1 Å². The van der Waals surface area contributed by atoms with Crippen LogP contribution < -0.4 is 0 Å². The monoisotopic (exact) mass is 481 g/mol. The Balaban J connectivity index is 0.000000375. The van der Waals surface area contributed by atoms with Crippen LogP contribution >= 0.6 is 11.6 Å². The number of carboxylic acid groups (broad SMARTS) is 1. The Morgan fingerprint density at radius 1 is 1.21 bits per heavy atom. The molecule has 1 heterocycles. The smallest absolute Gasteiger partial charge is 0.290 e. The third kappa shape index (κ3) is 12.2. The molecule has 2 unspecified atom stereocenters. The van der Waals surface area contributed by atoms with Crippen LogP contribution in [-0.4, -0.2) is 53.9 Å². The second kappa shape index (κ2) is 16.6. The molecule has 1 saturated heterocycles. The Morgan fingerprint density at radius 2 is 1.85 bits per heavy atom. The standard InChI is InChI=1S/C18H29NO2.C7H6ClF.CH2O2/c1-3-8-16-9-4-5-10-18(16)15(2)21-14-17(20)13-19-11-6-7-12-19;1-5-2-6(8)4-7(9)3-5;2-1-3/h4-5,9-10,15,17,20H,3,6-8,11-14H2,1-2H3;2-4H,1H3;1H,(H,2,3). The maximum Gasteiger partial charge on any atom is 0.290 e. The summed E-state index contributed by atoms with van der Waals surface area (Å²) in [6.07, 6.45) is 4.40. The van der Waals surface area contributed by atoms with E-state index in [0.29, 0.717) is 11.6 Å². The van der Waals surface area contributed by atoms with Crippen molar-refractivity contribution in [3.8, 4) is 0 Å². The van der Waals surface area contributed by atoms with Gasteiger partial charge in [-0.05, 0) is 81.1 Å². The summed E-state index contributed by atoms with van der Waals surface area (Å²) < 4.78 is 18.3. The van der Waals surface area contributed by atoms with Gasteiger partial charge in [-0.25, -0.2) is 4.39 Å². The van der Waals surface area contributed by atoms with Gasteiger partial charge in [-0.1, -0.05) is 49.2 Å². The third-order valence-corrected chi connectivity index (χ3v) is 5.44. The molecule has 1 fully saturated rings. The van der Waals surface area contributed by atoms with Crippen LogP contribution in [0.4, 0.5) is 4.39 Å². The second-order valence-corrected chi connectivity index (χ2v) is 8.57. The number of halogens is 2. The number of β-amino-alcohol motifs (C(OH)–C–C–N with tert-alkyl or cyclic N) is 1. The molecule has 0 saturated carbocycles. The van der Waals surface area contributed by atoms with E-state index >= 15 is 0 Å². The van der Waals surface area contributed by atoms with Crippen molar-refractivity contribution in [1.82, 2.24) is 4.90 Å². The minimum atomic E-state index is -0.385. The van der Waals surface area contributed by atoms with E-state index < -0.39 is 0 Å². The molecular weight excluding hydrogens is 445 g/mol. The van der Waals surface area contributed by atoms with Gasteiger partial charge in [0.05, 0.1) is 18.8 Å². The lowest BCUT2D eigenvalue weighted by molar-refractivity contribution is -0.122. The highest BCUT2D eigenvalue weighted by Crippen LogP contribution is 2.22. The molecule has 0 aromatic heterocycles. The number of carbonyl (C=O) groups is 1. The summed E-state index contributed by atoms with van der Waals surface area (Å²) in [5.41, 5.74) is 3.47. The van der Waals surface area contributed by atoms with Gasteiger partial charge < -0.3 is 19.8 Å². The Labute approximate surface area is 202 Å². The van der Waals surface area contributed by atoms with Gasteiger partial charge in [-0.15, -0.1) is 0 Å². The molecule has 5 nitrogen and oxygen atoms in total. The molecule has 0 aliphatic carbocycles. The number of ether oxygens (including phenoxy) is 1. The molecule has 2 aromatic rings. The SMILES string of the molecule is CCCc1ccccc1C(C)OCC(O)CN1CCCC1.Cc1cc(F)cc(Cl)c1.O=CO. The zero-order valence-electron chi connectivity index (χ0n) is 19.8. The van der Waals surface area contributed by atoms with Crippen LogP contribution in [0.15, 0.2) is 42.5 Å². The number of rotatable bonds is 8. The van der Waals surface area contributed by atoms with Gasteiger partial charge in [-0.2, -0.15) is 0 Å². The van der Waals surface area contributed by atoms with Gasteiger partial charge in [0.25, 0.3) is 6.47 Å². The lowest BCUT2D eigenvalue weighted by atomic mass is 10.00. The predicted molar refractivity (Wildman–Crippen MR) is 131 cm³/mol. The predicted octanol–water partition coefficient (Wildman–Crippen LogP) is 5.66. The van der Waals surface area contributed by atoms with Crippen molar-refractivity contribution < 1.29 is 24.1 Å². The van der Waals surface area contributed by atoms with Crippen molar-refractivity contribution in [1.29, 1.82) is 0 Å². The Hall–Kier alpha value is -1.99. The van der Waals surface area contributed by atoms with E-state index in [2.05, 4.69) is 43.0 Å². The van der Waals surface area contributed by atoms with E-state index in [1.54, 1.807) is 13.0 Å². The van der Waals surface area contributed by atoms with Crippen LogP contribution in [-0.2, 0) is 16.0 Å². The van der Waals surface area contributed by atoms with Crippen molar-refractivity contribution in [2.45, 2.75) is 58.7 Å². The van der Waals surface area contributed by atoms with Crippen LogP contribution in [0.3, 0.4) is 0 Å². The van der Waals surface area contributed by atoms with Gasteiger partial charge in [0.2, 0.25) is 0 Å².